The third-order valence-electron chi connectivity index (χ3n) is 3.13. The van der Waals surface area contributed by atoms with E-state index in [4.69, 9.17) is 11.6 Å². The first-order valence-electron chi connectivity index (χ1n) is 6.87. The summed E-state index contributed by atoms with van der Waals surface area (Å²) in [5.41, 5.74) is 0. The van der Waals surface area contributed by atoms with Crippen LogP contribution < -0.4 is 0 Å². The zero-order chi connectivity index (χ0) is 12.3. The highest BCUT2D eigenvalue weighted by atomic mass is 79.9. The molecule has 0 heterocycles. The molecule has 0 amide bonds. The first kappa shape index (κ1) is 16.8. The minimum absolute atomic E-state index is 0.388. The van der Waals surface area contributed by atoms with Gasteiger partial charge in [-0.2, -0.15) is 0 Å². The lowest BCUT2D eigenvalue weighted by molar-refractivity contribution is 0.487. The number of halogens is 2. The molecule has 1 atom stereocenters. The van der Waals surface area contributed by atoms with Gasteiger partial charge in [-0.15, -0.1) is 11.6 Å². The Kier molecular flexibility index (Phi) is 11.4. The average Bonchev–Trinajstić information content (AvgIpc) is 2.25. The van der Waals surface area contributed by atoms with Crippen LogP contribution >= 0.6 is 27.5 Å². The van der Waals surface area contributed by atoms with Gasteiger partial charge < -0.3 is 0 Å². The highest BCUT2D eigenvalue weighted by Crippen LogP contribution is 2.30. The minimum Gasteiger partial charge on any atom is -0.127 e. The number of rotatable bonds is 11. The van der Waals surface area contributed by atoms with Crippen LogP contribution in [0.4, 0.5) is 0 Å². The molecule has 0 aromatic carbocycles. The van der Waals surface area contributed by atoms with Gasteiger partial charge in [-0.1, -0.05) is 67.8 Å². The van der Waals surface area contributed by atoms with Crippen molar-refractivity contribution in [3.05, 3.63) is 0 Å². The first-order chi connectivity index (χ1) is 7.62. The molecule has 0 rings (SSSR count). The number of unbranched alkanes of at least 4 members (excludes halogenated alkanes) is 6. The second-order valence-corrected chi connectivity index (χ2v) is 7.37. The molecule has 0 aliphatic heterocycles. The van der Waals surface area contributed by atoms with Crippen LogP contribution in [0.5, 0.6) is 0 Å². The summed E-state index contributed by atoms with van der Waals surface area (Å²) in [6.07, 6.45) is 13.3. The molecule has 1 unspecified atom stereocenters. The highest BCUT2D eigenvalue weighted by molar-refractivity contribution is 9.10. The molecule has 0 aliphatic rings. The Bertz CT molecular complexity index is 146. The zero-order valence-corrected chi connectivity index (χ0v) is 13.4. The summed E-state index contributed by atoms with van der Waals surface area (Å²) < 4.78 is 0.388. The monoisotopic (exact) mass is 310 g/mol. The quantitative estimate of drug-likeness (QED) is 0.310. The number of hydrogen-bond donors (Lipinski definition) is 0. The molecule has 0 fully saturated rings. The summed E-state index contributed by atoms with van der Waals surface area (Å²) >= 11 is 9.50. The summed E-state index contributed by atoms with van der Waals surface area (Å²) in [6, 6.07) is 0. The third-order valence-corrected chi connectivity index (χ3v) is 4.19. The molecule has 0 aromatic rings. The highest BCUT2D eigenvalue weighted by Gasteiger charge is 2.18. The summed E-state index contributed by atoms with van der Waals surface area (Å²) in [5, 5.41) is 0. The molecule has 98 valence electrons. The van der Waals surface area contributed by atoms with Gasteiger partial charge in [0.05, 0.1) is 0 Å². The van der Waals surface area contributed by atoms with Crippen LogP contribution in [0.25, 0.3) is 0 Å². The molecule has 0 radical (unpaired) electrons. The maximum Gasteiger partial charge on any atom is 0.0229 e. The van der Waals surface area contributed by atoms with Crippen LogP contribution in [-0.2, 0) is 0 Å². The Morgan fingerprint density at radius 1 is 0.875 bits per heavy atom. The average molecular weight is 312 g/mol. The predicted molar refractivity (Wildman–Crippen MR) is 79.9 cm³/mol. The van der Waals surface area contributed by atoms with E-state index in [9.17, 15) is 0 Å². The topological polar surface area (TPSA) is 0 Å². The van der Waals surface area contributed by atoms with Crippen LogP contribution in [0.2, 0.25) is 0 Å². The molecule has 2 heteroatoms. The lowest BCUT2D eigenvalue weighted by atomic mass is 9.96. The Morgan fingerprint density at radius 2 is 1.38 bits per heavy atom. The molecule has 0 saturated carbocycles. The van der Waals surface area contributed by atoms with Gasteiger partial charge in [-0.25, -0.2) is 0 Å². The van der Waals surface area contributed by atoms with E-state index in [2.05, 4.69) is 29.8 Å². The van der Waals surface area contributed by atoms with Crippen molar-refractivity contribution in [2.75, 3.05) is 5.88 Å². The SMILES string of the molecule is CCCCC(C)(Br)CCCCCCCCCl. The Morgan fingerprint density at radius 3 is 1.94 bits per heavy atom. The third kappa shape index (κ3) is 11.3. The van der Waals surface area contributed by atoms with Gasteiger partial charge in [0, 0.05) is 10.2 Å². The van der Waals surface area contributed by atoms with Gasteiger partial charge in [-0.05, 0) is 26.2 Å². The van der Waals surface area contributed by atoms with E-state index in [-0.39, 0.29) is 0 Å². The predicted octanol–water partition coefficient (Wildman–Crippen LogP) is 6.30. The van der Waals surface area contributed by atoms with Crippen LogP contribution in [-0.4, -0.2) is 10.2 Å². The maximum atomic E-state index is 5.64. The van der Waals surface area contributed by atoms with Gasteiger partial charge in [0.15, 0.2) is 0 Å². The van der Waals surface area contributed by atoms with E-state index in [0.29, 0.717) is 4.32 Å². The zero-order valence-electron chi connectivity index (χ0n) is 11.0. The van der Waals surface area contributed by atoms with E-state index in [1.54, 1.807) is 0 Å². The molecule has 0 aromatic heterocycles. The fourth-order valence-electron chi connectivity index (χ4n) is 1.97. The molecule has 0 spiro atoms. The molecule has 0 bridgehead atoms. The number of alkyl halides is 2. The largest absolute Gasteiger partial charge is 0.127 e. The molecular formula is C14H28BrCl. The fourth-order valence-corrected chi connectivity index (χ4v) is 2.72. The maximum absolute atomic E-state index is 5.64. The molecular weight excluding hydrogens is 284 g/mol. The normalized spacial score (nSPS) is 15.0. The van der Waals surface area contributed by atoms with Gasteiger partial charge in [0.2, 0.25) is 0 Å². The van der Waals surface area contributed by atoms with Crippen molar-refractivity contribution in [1.82, 2.24) is 0 Å². The first-order valence-corrected chi connectivity index (χ1v) is 8.20. The van der Waals surface area contributed by atoms with Crippen molar-refractivity contribution < 1.29 is 0 Å². The smallest absolute Gasteiger partial charge is 0.0229 e. The Balaban J connectivity index is 3.29. The van der Waals surface area contributed by atoms with Gasteiger partial charge in [-0.3, -0.25) is 0 Å². The van der Waals surface area contributed by atoms with E-state index < -0.39 is 0 Å². The summed E-state index contributed by atoms with van der Waals surface area (Å²) in [6.45, 7) is 4.61. The van der Waals surface area contributed by atoms with Crippen molar-refractivity contribution in [1.29, 1.82) is 0 Å². The van der Waals surface area contributed by atoms with E-state index in [1.165, 1.54) is 64.2 Å². The van der Waals surface area contributed by atoms with Crippen LogP contribution in [0.15, 0.2) is 0 Å². The molecule has 0 aliphatic carbocycles. The second-order valence-electron chi connectivity index (χ2n) is 5.08. The summed E-state index contributed by atoms with van der Waals surface area (Å²) in [7, 11) is 0. The molecule has 0 N–H and O–H groups in total. The molecule has 0 saturated heterocycles. The summed E-state index contributed by atoms with van der Waals surface area (Å²) in [5.74, 6) is 0.830. The minimum atomic E-state index is 0.388. The fraction of sp³-hybridized carbons (Fsp3) is 1.00. The van der Waals surface area contributed by atoms with Gasteiger partial charge in [0.25, 0.3) is 0 Å². The van der Waals surface area contributed by atoms with Crippen LogP contribution in [0.1, 0.15) is 78.1 Å². The van der Waals surface area contributed by atoms with Crippen LogP contribution in [0.3, 0.4) is 0 Å². The van der Waals surface area contributed by atoms with E-state index in [1.807, 2.05) is 0 Å². The van der Waals surface area contributed by atoms with Crippen molar-refractivity contribution in [3.63, 3.8) is 0 Å². The van der Waals surface area contributed by atoms with Crippen molar-refractivity contribution in [2.45, 2.75) is 82.4 Å². The van der Waals surface area contributed by atoms with Crippen molar-refractivity contribution >= 4 is 27.5 Å². The Labute approximate surface area is 116 Å². The lowest BCUT2D eigenvalue weighted by Gasteiger charge is -2.22. The standard InChI is InChI=1S/C14H28BrCl/c1-3-4-11-14(2,15)12-9-7-5-6-8-10-13-16/h3-13H2,1-2H3. The van der Waals surface area contributed by atoms with Gasteiger partial charge >= 0.3 is 0 Å². The number of hydrogen-bond acceptors (Lipinski definition) is 0. The van der Waals surface area contributed by atoms with E-state index >= 15 is 0 Å². The van der Waals surface area contributed by atoms with Gasteiger partial charge in [0.1, 0.15) is 0 Å². The summed E-state index contributed by atoms with van der Waals surface area (Å²) in [4.78, 5) is 0. The second kappa shape index (κ2) is 10.9. The lowest BCUT2D eigenvalue weighted by Crippen LogP contribution is -2.14. The van der Waals surface area contributed by atoms with E-state index in [0.717, 1.165) is 5.88 Å². The molecule has 0 nitrogen and oxygen atoms in total. The van der Waals surface area contributed by atoms with Crippen molar-refractivity contribution in [3.8, 4) is 0 Å². The van der Waals surface area contributed by atoms with Crippen molar-refractivity contribution in [2.24, 2.45) is 0 Å². The Hall–Kier alpha value is 0.770. The van der Waals surface area contributed by atoms with Crippen LogP contribution in [0, 0.1) is 0 Å². The molecule has 16 heavy (non-hydrogen) atoms.